The van der Waals surface area contributed by atoms with Gasteiger partial charge in [-0.25, -0.2) is 9.78 Å². The number of esters is 1. The van der Waals surface area contributed by atoms with Gasteiger partial charge in [-0.1, -0.05) is 30.3 Å². The first-order valence-electron chi connectivity index (χ1n) is 8.88. The van der Waals surface area contributed by atoms with E-state index >= 15 is 0 Å². The molecule has 0 unspecified atom stereocenters. The largest absolute Gasteiger partial charge is 0.451 e. The molecule has 0 aliphatic rings. The maximum Gasteiger partial charge on any atom is 0.349 e. The molecule has 0 spiro atoms. The van der Waals surface area contributed by atoms with Crippen LogP contribution >= 0.6 is 11.3 Å². The molecule has 0 aliphatic carbocycles. The number of nitrogens with one attached hydrogen (secondary N) is 2. The summed E-state index contributed by atoms with van der Waals surface area (Å²) in [6.45, 7) is 2.91. The molecule has 1 amide bonds. The van der Waals surface area contributed by atoms with Crippen molar-refractivity contribution in [2.45, 2.75) is 13.8 Å². The van der Waals surface area contributed by atoms with E-state index in [-0.39, 0.29) is 10.4 Å². The molecule has 2 N–H and O–H groups in total. The van der Waals surface area contributed by atoms with Crippen molar-refractivity contribution in [3.05, 3.63) is 69.1 Å². The minimum atomic E-state index is -0.656. The van der Waals surface area contributed by atoms with E-state index in [1.807, 2.05) is 36.4 Å². The molecule has 0 saturated heterocycles. The van der Waals surface area contributed by atoms with Crippen molar-refractivity contribution in [2.75, 3.05) is 11.9 Å². The lowest BCUT2D eigenvalue weighted by Gasteiger charge is -2.07. The summed E-state index contributed by atoms with van der Waals surface area (Å²) in [6, 6.07) is 13.4. The number of thiophene rings is 1. The van der Waals surface area contributed by atoms with Crippen molar-refractivity contribution in [2.24, 2.45) is 0 Å². The molecular formula is C21H17N3O4S. The number of aromatic nitrogens is 2. The molecule has 0 aliphatic heterocycles. The summed E-state index contributed by atoms with van der Waals surface area (Å²) >= 11 is 1.08. The average molecular weight is 407 g/mol. The third kappa shape index (κ3) is 3.74. The van der Waals surface area contributed by atoms with E-state index in [0.29, 0.717) is 27.3 Å². The van der Waals surface area contributed by atoms with Gasteiger partial charge in [0.1, 0.15) is 15.5 Å². The maximum atomic E-state index is 12.4. The smallest absolute Gasteiger partial charge is 0.349 e. The Balaban J connectivity index is 1.45. The van der Waals surface area contributed by atoms with Crippen LogP contribution in [0.25, 0.3) is 21.0 Å². The third-order valence-corrected chi connectivity index (χ3v) is 5.64. The number of aryl methyl sites for hydroxylation is 2. The van der Waals surface area contributed by atoms with Gasteiger partial charge in [-0.3, -0.25) is 9.59 Å². The van der Waals surface area contributed by atoms with Crippen LogP contribution in [-0.2, 0) is 9.53 Å². The zero-order chi connectivity index (χ0) is 20.5. The molecule has 4 aromatic rings. The fourth-order valence-electron chi connectivity index (χ4n) is 3.11. The van der Waals surface area contributed by atoms with Crippen LogP contribution < -0.4 is 10.9 Å². The average Bonchev–Trinajstić information content (AvgIpc) is 3.02. The Bertz CT molecular complexity index is 1320. The number of anilines is 1. The predicted molar refractivity (Wildman–Crippen MR) is 113 cm³/mol. The Hall–Kier alpha value is -3.52. The molecule has 0 radical (unpaired) electrons. The number of carbonyl (C=O) groups is 2. The van der Waals surface area contributed by atoms with E-state index in [4.69, 9.17) is 4.74 Å². The van der Waals surface area contributed by atoms with E-state index in [1.165, 1.54) is 0 Å². The molecule has 7 nitrogen and oxygen atoms in total. The first-order chi connectivity index (χ1) is 13.9. The lowest BCUT2D eigenvalue weighted by Crippen LogP contribution is -2.20. The Kier molecular flexibility index (Phi) is 4.85. The second-order valence-corrected chi connectivity index (χ2v) is 7.57. The maximum absolute atomic E-state index is 12.4. The standard InChI is InChI=1S/C21H17N3O4S/c1-11-17-19(26)22-12(2)23-20(17)29-18(11)21(27)28-10-16(25)24-15-8-7-13-5-3-4-6-14(13)9-15/h3-9H,10H2,1-2H3,(H,24,25)(H,22,23,26). The fourth-order valence-corrected chi connectivity index (χ4v) is 4.23. The summed E-state index contributed by atoms with van der Waals surface area (Å²) in [5.41, 5.74) is 0.821. The number of amides is 1. The molecule has 2 heterocycles. The van der Waals surface area contributed by atoms with Gasteiger partial charge in [0.25, 0.3) is 11.5 Å². The molecule has 8 heteroatoms. The number of carbonyl (C=O) groups excluding carboxylic acids is 2. The highest BCUT2D eigenvalue weighted by Gasteiger charge is 2.20. The summed E-state index contributed by atoms with van der Waals surface area (Å²) in [6.07, 6.45) is 0. The van der Waals surface area contributed by atoms with Gasteiger partial charge in [-0.2, -0.15) is 0 Å². The van der Waals surface area contributed by atoms with E-state index < -0.39 is 18.5 Å². The Morgan fingerprint density at radius 2 is 1.90 bits per heavy atom. The highest BCUT2D eigenvalue weighted by molar-refractivity contribution is 7.20. The molecule has 29 heavy (non-hydrogen) atoms. The number of aromatic amines is 1. The summed E-state index contributed by atoms with van der Waals surface area (Å²) < 4.78 is 5.15. The van der Waals surface area contributed by atoms with Gasteiger partial charge in [0, 0.05) is 5.69 Å². The highest BCUT2D eigenvalue weighted by atomic mass is 32.1. The van der Waals surface area contributed by atoms with Crippen LogP contribution in [0.2, 0.25) is 0 Å². The van der Waals surface area contributed by atoms with Gasteiger partial charge in [-0.15, -0.1) is 11.3 Å². The lowest BCUT2D eigenvalue weighted by atomic mass is 10.1. The van der Waals surface area contributed by atoms with Crippen molar-refractivity contribution in [3.63, 3.8) is 0 Å². The molecule has 146 valence electrons. The van der Waals surface area contributed by atoms with Crippen molar-refractivity contribution in [1.82, 2.24) is 9.97 Å². The monoisotopic (exact) mass is 407 g/mol. The predicted octanol–water partition coefficient (Wildman–Crippen LogP) is 3.55. The van der Waals surface area contributed by atoms with Crippen LogP contribution in [0.3, 0.4) is 0 Å². The first kappa shape index (κ1) is 18.8. The van der Waals surface area contributed by atoms with Gasteiger partial charge < -0.3 is 15.0 Å². The van der Waals surface area contributed by atoms with E-state index in [0.717, 1.165) is 22.1 Å². The van der Waals surface area contributed by atoms with Gasteiger partial charge in [-0.05, 0) is 42.3 Å². The van der Waals surface area contributed by atoms with Crippen LogP contribution in [0.4, 0.5) is 5.69 Å². The number of hydrogen-bond acceptors (Lipinski definition) is 6. The second-order valence-electron chi connectivity index (χ2n) is 6.57. The van der Waals surface area contributed by atoms with E-state index in [9.17, 15) is 14.4 Å². The molecular weight excluding hydrogens is 390 g/mol. The third-order valence-electron chi connectivity index (χ3n) is 4.47. The Morgan fingerprint density at radius 3 is 2.69 bits per heavy atom. The molecule has 0 fully saturated rings. The second kappa shape index (κ2) is 7.48. The van der Waals surface area contributed by atoms with E-state index in [2.05, 4.69) is 15.3 Å². The normalized spacial score (nSPS) is 11.0. The number of rotatable bonds is 4. The van der Waals surface area contributed by atoms with Crippen molar-refractivity contribution in [3.8, 4) is 0 Å². The number of hydrogen-bond donors (Lipinski definition) is 2. The molecule has 4 rings (SSSR count). The summed E-state index contributed by atoms with van der Waals surface area (Å²) in [5.74, 6) is -0.631. The molecule has 2 aromatic carbocycles. The quantitative estimate of drug-likeness (QED) is 0.504. The number of ether oxygens (including phenoxy) is 1. The summed E-state index contributed by atoms with van der Waals surface area (Å²) in [5, 5.41) is 5.15. The Morgan fingerprint density at radius 1 is 1.14 bits per heavy atom. The SMILES string of the molecule is Cc1nc2sc(C(=O)OCC(=O)Nc3ccc4ccccc4c3)c(C)c2c(=O)[nH]1. The lowest BCUT2D eigenvalue weighted by molar-refractivity contribution is -0.119. The minimum absolute atomic E-state index is 0.266. The molecule has 0 saturated carbocycles. The topological polar surface area (TPSA) is 101 Å². The number of fused-ring (bicyclic) bond motifs is 2. The van der Waals surface area contributed by atoms with Crippen LogP contribution in [-0.4, -0.2) is 28.5 Å². The van der Waals surface area contributed by atoms with Crippen LogP contribution in [0.5, 0.6) is 0 Å². The van der Waals surface area contributed by atoms with Crippen molar-refractivity contribution < 1.29 is 14.3 Å². The first-order valence-corrected chi connectivity index (χ1v) is 9.70. The van der Waals surface area contributed by atoms with Crippen molar-refractivity contribution >= 4 is 49.9 Å². The minimum Gasteiger partial charge on any atom is -0.451 e. The zero-order valence-corrected chi connectivity index (χ0v) is 16.6. The van der Waals surface area contributed by atoms with Crippen molar-refractivity contribution in [1.29, 1.82) is 0 Å². The summed E-state index contributed by atoms with van der Waals surface area (Å²) in [4.78, 5) is 44.3. The molecule has 0 atom stereocenters. The van der Waals surface area contributed by atoms with Gasteiger partial charge in [0.15, 0.2) is 6.61 Å². The molecule has 0 bridgehead atoms. The highest BCUT2D eigenvalue weighted by Crippen LogP contribution is 2.27. The van der Waals surface area contributed by atoms with Crippen LogP contribution in [0.1, 0.15) is 21.1 Å². The fraction of sp³-hybridized carbons (Fsp3) is 0.143. The van der Waals surface area contributed by atoms with Gasteiger partial charge in [0.2, 0.25) is 0 Å². The van der Waals surface area contributed by atoms with Gasteiger partial charge in [0.05, 0.1) is 5.39 Å². The number of benzene rings is 2. The Labute approximate surface area is 169 Å². The van der Waals surface area contributed by atoms with Crippen LogP contribution in [0, 0.1) is 13.8 Å². The number of nitrogens with zero attached hydrogens (tertiary/aromatic N) is 1. The summed E-state index contributed by atoms with van der Waals surface area (Å²) in [7, 11) is 0. The molecule has 2 aromatic heterocycles. The van der Waals surface area contributed by atoms with Gasteiger partial charge >= 0.3 is 5.97 Å². The van der Waals surface area contributed by atoms with E-state index in [1.54, 1.807) is 19.9 Å². The number of H-pyrrole nitrogens is 1. The van der Waals surface area contributed by atoms with Crippen LogP contribution in [0.15, 0.2) is 47.3 Å². The zero-order valence-electron chi connectivity index (χ0n) is 15.7.